The number of fused-ring (bicyclic) bond motifs is 3. The van der Waals surface area contributed by atoms with Crippen LogP contribution in [0, 0.1) is 17.8 Å². The molecule has 0 spiro atoms. The Labute approximate surface area is 190 Å². The maximum Gasteiger partial charge on any atom is 0.248 e. The normalized spacial score (nSPS) is 24.5. The molecule has 2 N–H and O–H groups in total. The predicted octanol–water partition coefficient (Wildman–Crippen LogP) is 2.34. The van der Waals surface area contributed by atoms with Gasteiger partial charge in [-0.3, -0.25) is 10.0 Å². The molecule has 2 bridgehead atoms. The highest BCUT2D eigenvalue weighted by molar-refractivity contribution is 7.89. The summed E-state index contributed by atoms with van der Waals surface area (Å²) in [4.78, 5) is 12.4. The van der Waals surface area contributed by atoms with Gasteiger partial charge in [0.05, 0.1) is 10.8 Å². The van der Waals surface area contributed by atoms with Crippen molar-refractivity contribution in [1.82, 2.24) is 20.1 Å². The van der Waals surface area contributed by atoms with E-state index in [0.717, 1.165) is 24.8 Å². The number of hydrogen-bond donors (Lipinski definition) is 2. The van der Waals surface area contributed by atoms with Crippen LogP contribution in [0.3, 0.4) is 0 Å². The van der Waals surface area contributed by atoms with Gasteiger partial charge in [0, 0.05) is 13.1 Å². The Morgan fingerprint density at radius 2 is 1.88 bits per heavy atom. The maximum atomic E-state index is 13.3. The summed E-state index contributed by atoms with van der Waals surface area (Å²) in [5.41, 5.74) is 3.89. The summed E-state index contributed by atoms with van der Waals surface area (Å²) in [7, 11) is -2.32. The molecule has 2 unspecified atom stereocenters. The van der Waals surface area contributed by atoms with Crippen molar-refractivity contribution in [2.75, 3.05) is 7.05 Å². The molecule has 2 aliphatic rings. The summed E-state index contributed by atoms with van der Waals surface area (Å²) in [6, 6.07) is 11.2. The Balaban J connectivity index is 1.29. The van der Waals surface area contributed by atoms with Gasteiger partial charge in [-0.25, -0.2) is 18.5 Å². The topological polar surface area (TPSA) is 135 Å². The third-order valence-electron chi connectivity index (χ3n) is 6.93. The molecule has 33 heavy (non-hydrogen) atoms. The second-order valence-electron chi connectivity index (χ2n) is 8.69. The Hall–Kier alpha value is -3.02. The molecule has 2 aliphatic carbocycles. The van der Waals surface area contributed by atoms with Crippen molar-refractivity contribution in [3.8, 4) is 5.75 Å². The molecule has 11 heteroatoms. The van der Waals surface area contributed by atoms with E-state index in [1.165, 1.54) is 23.5 Å². The predicted molar refractivity (Wildman–Crippen MR) is 116 cm³/mol. The first-order valence-corrected chi connectivity index (χ1v) is 12.2. The molecule has 0 aliphatic heterocycles. The molecule has 5 rings (SSSR count). The first kappa shape index (κ1) is 21.8. The molecule has 174 valence electrons. The zero-order valence-electron chi connectivity index (χ0n) is 17.9. The lowest BCUT2D eigenvalue weighted by Crippen LogP contribution is -2.50. The van der Waals surface area contributed by atoms with E-state index in [4.69, 9.17) is 9.94 Å². The number of hydrogen-bond acceptors (Lipinski definition) is 8. The number of amides is 1. The summed E-state index contributed by atoms with van der Waals surface area (Å²) >= 11 is 0. The first-order valence-electron chi connectivity index (χ1n) is 10.7. The summed E-state index contributed by atoms with van der Waals surface area (Å²) in [6.07, 6.45) is 2.55. The molecule has 0 radical (unpaired) electrons. The van der Waals surface area contributed by atoms with Crippen LogP contribution in [0.2, 0.25) is 0 Å². The molecule has 1 aromatic heterocycles. The van der Waals surface area contributed by atoms with E-state index < -0.39 is 27.9 Å². The zero-order valence-corrected chi connectivity index (χ0v) is 18.7. The van der Waals surface area contributed by atoms with Crippen LogP contribution in [0.4, 0.5) is 0 Å². The number of ether oxygens (including phenoxy) is 1. The highest BCUT2D eigenvalue weighted by Gasteiger charge is 2.54. The van der Waals surface area contributed by atoms with E-state index in [9.17, 15) is 13.2 Å². The van der Waals surface area contributed by atoms with Crippen molar-refractivity contribution in [1.29, 1.82) is 0 Å². The van der Waals surface area contributed by atoms with Crippen LogP contribution in [0.25, 0.3) is 11.0 Å². The standard InChI is InChI=1S/C22H24N4O6S/c1-26(21-15-4-3-14(11-15)20(21)22(27)23-28)33(29,30)17-7-5-16(6-8-17)31-12-13-2-9-18-19(10-13)25-32-24-18/h2,5-10,14-15,20-21,28H,3-4,11-12H2,1H3,(H,23,27)/t14?,15?,20-,21+/m0/s1. The van der Waals surface area contributed by atoms with Gasteiger partial charge in [-0.1, -0.05) is 6.07 Å². The number of rotatable bonds is 7. The molecular formula is C22H24N4O6S. The molecule has 1 amide bonds. The number of carbonyl (C=O) groups is 1. The fraction of sp³-hybridized carbons (Fsp3) is 0.409. The van der Waals surface area contributed by atoms with Crippen LogP contribution in [0.5, 0.6) is 5.75 Å². The Morgan fingerprint density at radius 1 is 1.15 bits per heavy atom. The van der Waals surface area contributed by atoms with E-state index in [1.807, 2.05) is 12.1 Å². The molecule has 1 heterocycles. The van der Waals surface area contributed by atoms with Crippen molar-refractivity contribution in [3.63, 3.8) is 0 Å². The average molecular weight is 473 g/mol. The highest BCUT2D eigenvalue weighted by Crippen LogP contribution is 2.51. The van der Waals surface area contributed by atoms with Gasteiger partial charge in [-0.05, 0) is 83.4 Å². The van der Waals surface area contributed by atoms with Crippen molar-refractivity contribution < 1.29 is 27.8 Å². The Morgan fingerprint density at radius 3 is 2.64 bits per heavy atom. The van der Waals surface area contributed by atoms with Gasteiger partial charge in [0.15, 0.2) is 0 Å². The number of hydroxylamine groups is 1. The van der Waals surface area contributed by atoms with E-state index >= 15 is 0 Å². The number of carbonyl (C=O) groups excluding carboxylic acids is 1. The lowest BCUT2D eigenvalue weighted by atomic mass is 9.84. The second-order valence-corrected chi connectivity index (χ2v) is 10.7. The van der Waals surface area contributed by atoms with Crippen LogP contribution in [0.1, 0.15) is 24.8 Å². The number of nitrogens with one attached hydrogen (secondary N) is 1. The highest BCUT2D eigenvalue weighted by atomic mass is 32.2. The Bertz CT molecular complexity index is 1280. The number of aromatic nitrogens is 2. The number of sulfonamides is 1. The van der Waals surface area contributed by atoms with Gasteiger partial charge < -0.3 is 4.74 Å². The summed E-state index contributed by atoms with van der Waals surface area (Å²) in [5, 5.41) is 16.7. The van der Waals surface area contributed by atoms with E-state index in [0.29, 0.717) is 16.8 Å². The molecule has 2 saturated carbocycles. The molecule has 3 aromatic rings. The van der Waals surface area contributed by atoms with Gasteiger partial charge >= 0.3 is 0 Å². The van der Waals surface area contributed by atoms with Crippen LogP contribution >= 0.6 is 0 Å². The number of nitrogens with zero attached hydrogens (tertiary/aromatic N) is 3. The van der Waals surface area contributed by atoms with Gasteiger partial charge in [0.2, 0.25) is 15.9 Å². The number of benzene rings is 2. The first-order chi connectivity index (χ1) is 15.9. The lowest BCUT2D eigenvalue weighted by molar-refractivity contribution is -0.136. The quantitative estimate of drug-likeness (QED) is 0.395. The van der Waals surface area contributed by atoms with Gasteiger partial charge in [0.1, 0.15) is 23.4 Å². The second kappa shape index (κ2) is 8.40. The summed E-state index contributed by atoms with van der Waals surface area (Å²) in [5.74, 6) is -0.344. The van der Waals surface area contributed by atoms with Crippen LogP contribution in [-0.2, 0) is 21.4 Å². The zero-order chi connectivity index (χ0) is 23.2. The van der Waals surface area contributed by atoms with Crippen molar-refractivity contribution in [2.45, 2.75) is 36.8 Å². The van der Waals surface area contributed by atoms with Crippen molar-refractivity contribution >= 4 is 27.0 Å². The maximum absolute atomic E-state index is 13.3. The van der Waals surface area contributed by atoms with Crippen molar-refractivity contribution in [2.24, 2.45) is 17.8 Å². The average Bonchev–Trinajstić information content (AvgIpc) is 3.57. The van der Waals surface area contributed by atoms with E-state index in [2.05, 4.69) is 14.9 Å². The van der Waals surface area contributed by atoms with Gasteiger partial charge in [0.25, 0.3) is 0 Å². The minimum atomic E-state index is -3.83. The molecule has 10 nitrogen and oxygen atoms in total. The third kappa shape index (κ3) is 3.85. The van der Waals surface area contributed by atoms with E-state index in [1.54, 1.807) is 23.7 Å². The summed E-state index contributed by atoms with van der Waals surface area (Å²) < 4.78 is 38.4. The van der Waals surface area contributed by atoms with E-state index in [-0.39, 0.29) is 23.3 Å². The van der Waals surface area contributed by atoms with Crippen LogP contribution < -0.4 is 10.2 Å². The SMILES string of the molecule is CN([C@@H]1C2CCC(C2)[C@@H]1C(=O)NO)S(=O)(=O)c1ccc(OCc2ccc3nonc3c2)cc1. The van der Waals surface area contributed by atoms with Gasteiger partial charge in [-0.15, -0.1) is 0 Å². The Kier molecular flexibility index (Phi) is 5.55. The molecular weight excluding hydrogens is 448 g/mol. The lowest BCUT2D eigenvalue weighted by Gasteiger charge is -2.35. The fourth-order valence-corrected chi connectivity index (χ4v) is 6.78. The summed E-state index contributed by atoms with van der Waals surface area (Å²) in [6.45, 7) is 0.276. The molecule has 4 atom stereocenters. The molecule has 2 aromatic carbocycles. The van der Waals surface area contributed by atoms with Crippen LogP contribution in [-0.4, -0.2) is 47.2 Å². The smallest absolute Gasteiger partial charge is 0.248 e. The minimum absolute atomic E-state index is 0.0906. The largest absolute Gasteiger partial charge is 0.489 e. The molecule has 0 saturated heterocycles. The van der Waals surface area contributed by atoms with Crippen LogP contribution in [0.15, 0.2) is 52.0 Å². The fourth-order valence-electron chi connectivity index (χ4n) is 5.35. The monoisotopic (exact) mass is 472 g/mol. The van der Waals surface area contributed by atoms with Crippen molar-refractivity contribution in [3.05, 3.63) is 48.0 Å². The van der Waals surface area contributed by atoms with Gasteiger partial charge in [-0.2, -0.15) is 4.31 Å². The third-order valence-corrected chi connectivity index (χ3v) is 8.80. The molecule has 2 fully saturated rings. The minimum Gasteiger partial charge on any atom is -0.489 e.